The van der Waals surface area contributed by atoms with Gasteiger partial charge in [-0.2, -0.15) is 0 Å². The van der Waals surface area contributed by atoms with Crippen LogP contribution in [-0.4, -0.2) is 74.2 Å². The number of esters is 4. The molecule has 16 saturated carbocycles. The topological polar surface area (TPSA) is 146 Å². The summed E-state index contributed by atoms with van der Waals surface area (Å²) in [4.78, 5) is 46.6. The number of carbonyl (C=O) groups is 4. The van der Waals surface area contributed by atoms with E-state index >= 15 is 0 Å². The minimum atomic E-state index is -0.895. The summed E-state index contributed by atoms with van der Waals surface area (Å²) in [5, 5.41) is 21.4. The highest BCUT2D eigenvalue weighted by molar-refractivity contribution is 5.73. The van der Waals surface area contributed by atoms with Gasteiger partial charge in [0.15, 0.2) is 0 Å². The average Bonchev–Trinajstić information content (AvgIpc) is 3.68. The fraction of sp³-hybridized carbons (Fsp3) is 0.943. The minimum absolute atomic E-state index is 0.0127. The Morgan fingerprint density at radius 2 is 0.787 bits per heavy atom. The smallest absolute Gasteiger partial charge is 0.308 e. The number of hydrogen-bond acceptors (Lipinski definition) is 10. The van der Waals surface area contributed by atoms with Gasteiger partial charge in [-0.05, 0) is 291 Å². The Morgan fingerprint density at radius 1 is 0.412 bits per heavy atom. The zero-order valence-corrected chi connectivity index (χ0v) is 51.6. The third-order valence-electron chi connectivity index (χ3n) is 31.4. The van der Waals surface area contributed by atoms with E-state index < -0.39 is 11.7 Å². The molecule has 2 N–H and O–H groups in total. The Labute approximate surface area is 482 Å². The summed E-state index contributed by atoms with van der Waals surface area (Å²) < 4.78 is 19.4. The fourth-order valence-electron chi connectivity index (χ4n) is 28.1. The number of aliphatic hydroxyl groups excluding tert-OH is 1. The molecule has 0 aliphatic heterocycles. The van der Waals surface area contributed by atoms with Crippen LogP contribution >= 0.6 is 0 Å². The molecule has 0 aromatic heterocycles. The van der Waals surface area contributed by atoms with Crippen molar-refractivity contribution in [2.75, 3.05) is 28.4 Å². The maximum atomic E-state index is 11.9. The van der Waals surface area contributed by atoms with Gasteiger partial charge in [0, 0.05) is 6.42 Å². The van der Waals surface area contributed by atoms with Crippen molar-refractivity contribution in [3.63, 3.8) is 0 Å². The maximum absolute atomic E-state index is 11.9. The van der Waals surface area contributed by atoms with E-state index in [-0.39, 0.29) is 42.6 Å². The molecule has 38 atom stereocenters. The minimum Gasteiger partial charge on any atom is -0.469 e. The van der Waals surface area contributed by atoms with E-state index in [1.54, 1.807) is 7.11 Å². The Hall–Kier alpha value is -2.20. The molecule has 80 heavy (non-hydrogen) atoms. The Kier molecular flexibility index (Phi) is 14.8. The largest absolute Gasteiger partial charge is 0.469 e. The number of methoxy groups -OCH3 is 4. The van der Waals surface area contributed by atoms with Gasteiger partial charge in [0.2, 0.25) is 0 Å². The molecule has 16 rings (SSSR count). The first-order valence-corrected chi connectivity index (χ1v) is 33.8. The molecule has 0 heterocycles. The molecule has 38 unspecified atom stereocenters. The van der Waals surface area contributed by atoms with Gasteiger partial charge in [-0.15, -0.1) is 0 Å². The van der Waals surface area contributed by atoms with Crippen molar-refractivity contribution in [3.05, 3.63) is 0 Å². The van der Waals surface area contributed by atoms with Crippen LogP contribution in [-0.2, 0) is 38.1 Å². The van der Waals surface area contributed by atoms with Crippen LogP contribution in [0.5, 0.6) is 0 Å². The summed E-state index contributed by atoms with van der Waals surface area (Å²) in [6, 6.07) is 0. The molecule has 0 aromatic rings. The van der Waals surface area contributed by atoms with Crippen LogP contribution in [0.1, 0.15) is 159 Å². The molecule has 0 spiro atoms. The molecule has 0 radical (unpaired) electrons. The summed E-state index contributed by atoms with van der Waals surface area (Å²) in [7, 11) is 5.90. The van der Waals surface area contributed by atoms with E-state index in [2.05, 4.69) is 55.4 Å². The maximum Gasteiger partial charge on any atom is 0.308 e. The van der Waals surface area contributed by atoms with Crippen molar-refractivity contribution in [3.8, 4) is 0 Å². The molecular formula is C70H108O10. The molecule has 16 bridgehead atoms. The second kappa shape index (κ2) is 20.8. The van der Waals surface area contributed by atoms with Gasteiger partial charge in [0.1, 0.15) is 0 Å². The van der Waals surface area contributed by atoms with E-state index in [9.17, 15) is 29.4 Å². The molecular weight excluding hydrogens is 1000 g/mol. The molecule has 0 amide bonds. The molecule has 0 aromatic carbocycles. The molecule has 0 saturated heterocycles. The van der Waals surface area contributed by atoms with Crippen LogP contribution in [0.25, 0.3) is 0 Å². The average molecular weight is 1110 g/mol. The van der Waals surface area contributed by atoms with Crippen molar-refractivity contribution >= 4 is 23.9 Å². The highest BCUT2D eigenvalue weighted by atomic mass is 16.5. The van der Waals surface area contributed by atoms with Crippen LogP contribution in [0.4, 0.5) is 0 Å². The number of rotatable bonds is 9. The third-order valence-corrected chi connectivity index (χ3v) is 31.4. The van der Waals surface area contributed by atoms with Gasteiger partial charge >= 0.3 is 23.9 Å². The van der Waals surface area contributed by atoms with Crippen LogP contribution in [0.15, 0.2) is 0 Å². The number of ether oxygens (including phenoxy) is 4. The Morgan fingerprint density at radius 3 is 1.26 bits per heavy atom. The van der Waals surface area contributed by atoms with Gasteiger partial charge in [-0.1, -0.05) is 55.4 Å². The number of carbonyl (C=O) groups excluding carboxylic acids is 4. The third kappa shape index (κ3) is 8.39. The van der Waals surface area contributed by atoms with Crippen LogP contribution in [0.2, 0.25) is 0 Å². The second-order valence-electron chi connectivity index (χ2n) is 32.7. The molecule has 10 heteroatoms. The molecule has 10 nitrogen and oxygen atoms in total. The second-order valence-corrected chi connectivity index (χ2v) is 32.7. The van der Waals surface area contributed by atoms with E-state index in [0.29, 0.717) is 41.9 Å². The molecule has 16 fully saturated rings. The van der Waals surface area contributed by atoms with E-state index in [0.717, 1.165) is 191 Å². The normalized spacial score (nSPS) is 56.5. The van der Waals surface area contributed by atoms with Gasteiger partial charge in [0.25, 0.3) is 0 Å². The standard InChI is InChI=1S/C19H30O3.C18H28O3.C17H26O2.C16H24O2/c1-9-10(2)13-7-12(9)17-11-5-14(18(13)17)15(6-11)19(3,21)8-16(20)22-4;1-8-9(2)12-6-11(8)17-10-4-13(14(5-10)18(12)17)15(19)7-16(20)21-3;1-8-9(2)13-7-12(8)16-11-4-10(6-15(18)19-3)14(5-11)17(13)16;1-7-8(2)11-6-10(7)14-9-4-12(15(11)14)13(5-9)16(17)18-3/h9-15,17-18,21H,5-8H2,1-4H3;8-15,17-19H,4-7H2,1-3H3;8-14,16-17H,4-7H2,1-3H3;7-15H,4-6H2,1-3H3. The summed E-state index contributed by atoms with van der Waals surface area (Å²) >= 11 is 0. The van der Waals surface area contributed by atoms with Crippen molar-refractivity contribution in [1.82, 2.24) is 0 Å². The van der Waals surface area contributed by atoms with Crippen molar-refractivity contribution in [1.29, 1.82) is 0 Å². The Balaban J connectivity index is 0.000000101. The van der Waals surface area contributed by atoms with Crippen LogP contribution in [0, 0.1) is 213 Å². The zero-order valence-electron chi connectivity index (χ0n) is 51.6. The van der Waals surface area contributed by atoms with Gasteiger partial charge in [-0.25, -0.2) is 0 Å². The van der Waals surface area contributed by atoms with Crippen molar-refractivity contribution in [2.45, 2.75) is 170 Å². The van der Waals surface area contributed by atoms with Crippen LogP contribution < -0.4 is 0 Å². The fourth-order valence-corrected chi connectivity index (χ4v) is 28.1. The number of fused-ring (bicyclic) bond motifs is 36. The lowest BCUT2D eigenvalue weighted by Crippen LogP contribution is -2.46. The first-order chi connectivity index (χ1) is 38.1. The summed E-state index contributed by atoms with van der Waals surface area (Å²) in [6.45, 7) is 21.6. The summed E-state index contributed by atoms with van der Waals surface area (Å²) in [5.41, 5.74) is -0.895. The SMILES string of the molecule is COC(=O)C1CC2CC1C1C3CC(C(C)C3C)C21.COC(=O)CC(C)(O)C1CC2CC1C1C3CC(C(C)C3C)C21.COC(=O)CC(O)C1CC2CC1C1C3CC(C(C)C3C)C21.COC(=O)CC1CC2CC1C1C3CC(C(C)C3C)C21. The van der Waals surface area contributed by atoms with Gasteiger partial charge < -0.3 is 29.2 Å². The highest BCUT2D eigenvalue weighted by Gasteiger charge is 2.71. The van der Waals surface area contributed by atoms with E-state index in [1.807, 2.05) is 6.92 Å². The zero-order chi connectivity index (χ0) is 56.6. The number of aliphatic hydroxyl groups is 2. The number of hydrogen-bond donors (Lipinski definition) is 2. The van der Waals surface area contributed by atoms with Crippen LogP contribution in [0.3, 0.4) is 0 Å². The predicted molar refractivity (Wildman–Crippen MR) is 305 cm³/mol. The lowest BCUT2D eigenvalue weighted by Gasteiger charge is -2.46. The first-order valence-electron chi connectivity index (χ1n) is 33.8. The first kappa shape index (κ1) is 56.9. The van der Waals surface area contributed by atoms with Crippen molar-refractivity contribution < 1.29 is 48.3 Å². The van der Waals surface area contributed by atoms with Gasteiger partial charge in [0.05, 0.1) is 58.9 Å². The quantitative estimate of drug-likeness (QED) is 0.130. The molecule has 16 aliphatic carbocycles. The molecule has 16 aliphatic rings. The van der Waals surface area contributed by atoms with Gasteiger partial charge in [-0.3, -0.25) is 19.2 Å². The van der Waals surface area contributed by atoms with Crippen molar-refractivity contribution in [2.24, 2.45) is 213 Å². The van der Waals surface area contributed by atoms with E-state index in [4.69, 9.17) is 18.9 Å². The monoisotopic (exact) mass is 1110 g/mol. The molecule has 448 valence electrons. The summed E-state index contributed by atoms with van der Waals surface area (Å²) in [6.07, 6.45) is 16.4. The Bertz CT molecular complexity index is 2370. The highest BCUT2D eigenvalue weighted by Crippen LogP contribution is 2.76. The summed E-state index contributed by atoms with van der Waals surface area (Å²) in [5.74, 6) is 29.3. The van der Waals surface area contributed by atoms with E-state index in [1.165, 1.54) is 79.1 Å². The lowest BCUT2D eigenvalue weighted by molar-refractivity contribution is -0.151. The predicted octanol–water partition coefficient (Wildman–Crippen LogP) is 12.2. The lowest BCUT2D eigenvalue weighted by atomic mass is 9.59.